The van der Waals surface area contributed by atoms with Crippen molar-refractivity contribution in [3.63, 3.8) is 0 Å². The molecule has 0 aromatic rings. The van der Waals surface area contributed by atoms with Crippen LogP contribution in [0.1, 0.15) is 12.8 Å². The van der Waals surface area contributed by atoms with Gasteiger partial charge in [-0.2, -0.15) is 11.8 Å². The van der Waals surface area contributed by atoms with Crippen molar-refractivity contribution in [1.29, 1.82) is 0 Å². The number of hydrogen-bond donors (Lipinski definition) is 7. The number of carboxylic acid groups (broad SMARTS) is 2. The molecule has 8 N–H and O–H groups in total. The lowest BCUT2D eigenvalue weighted by Crippen LogP contribution is -2.54. The summed E-state index contributed by atoms with van der Waals surface area (Å²) in [6.45, 7) is -1.39. The van der Waals surface area contributed by atoms with E-state index in [0.717, 1.165) is 0 Å². The predicted molar refractivity (Wildman–Crippen MR) is 94.8 cm³/mol. The van der Waals surface area contributed by atoms with E-state index in [1.807, 2.05) is 5.32 Å². The first-order valence-corrected chi connectivity index (χ1v) is 9.19. The van der Waals surface area contributed by atoms with Crippen molar-refractivity contribution < 1.29 is 39.3 Å². The molecule has 0 bridgehead atoms. The van der Waals surface area contributed by atoms with Crippen LogP contribution in [0.2, 0.25) is 0 Å². The summed E-state index contributed by atoms with van der Waals surface area (Å²) in [6, 6.07) is -3.89. The number of thioether (sulfide) groups is 1. The van der Waals surface area contributed by atoms with Crippen molar-refractivity contribution in [3.05, 3.63) is 0 Å². The van der Waals surface area contributed by atoms with Gasteiger partial charge in [-0.05, 0) is 18.4 Å². The predicted octanol–water partition coefficient (Wildman–Crippen LogP) is -3.30. The Kier molecular flexibility index (Phi) is 11.8. The molecule has 3 unspecified atom stereocenters. The zero-order chi connectivity index (χ0) is 21.0. The highest BCUT2D eigenvalue weighted by Gasteiger charge is 2.25. The molecule has 3 atom stereocenters. The van der Waals surface area contributed by atoms with Gasteiger partial charge in [-0.3, -0.25) is 19.2 Å². The van der Waals surface area contributed by atoms with Gasteiger partial charge in [0.2, 0.25) is 17.7 Å². The quantitative estimate of drug-likeness (QED) is 0.161. The summed E-state index contributed by atoms with van der Waals surface area (Å²) < 4.78 is 0. The molecule has 0 aliphatic carbocycles. The molecular formula is C14H24N4O8S. The van der Waals surface area contributed by atoms with E-state index in [1.165, 1.54) is 11.8 Å². The molecule has 0 aliphatic heterocycles. The standard InChI is InChI=1S/C14H24N4O8S/c1-27-3-2-8(18-12(23)7(15)4-11(21)22)13(24)16-5-10(20)17-9(6-19)14(25)26/h7-9,19H,2-6,15H2,1H3,(H,16,24)(H,17,20)(H,18,23)(H,21,22)(H,25,26). The van der Waals surface area contributed by atoms with Crippen molar-refractivity contribution in [1.82, 2.24) is 16.0 Å². The number of amides is 3. The van der Waals surface area contributed by atoms with Crippen LogP contribution in [0.15, 0.2) is 0 Å². The topological polar surface area (TPSA) is 208 Å². The van der Waals surface area contributed by atoms with Crippen LogP contribution in [0.3, 0.4) is 0 Å². The fourth-order valence-electron chi connectivity index (χ4n) is 1.79. The van der Waals surface area contributed by atoms with Crippen molar-refractivity contribution in [2.75, 3.05) is 25.2 Å². The highest BCUT2D eigenvalue weighted by atomic mass is 32.2. The molecule has 13 heteroatoms. The Bertz CT molecular complexity index is 559. The minimum Gasteiger partial charge on any atom is -0.481 e. The summed E-state index contributed by atoms with van der Waals surface area (Å²) in [7, 11) is 0. The second-order valence-electron chi connectivity index (χ2n) is 5.41. The van der Waals surface area contributed by atoms with Gasteiger partial charge in [-0.15, -0.1) is 0 Å². The molecule has 0 saturated heterocycles. The fraction of sp³-hybridized carbons (Fsp3) is 0.643. The van der Waals surface area contributed by atoms with Gasteiger partial charge < -0.3 is 37.0 Å². The van der Waals surface area contributed by atoms with Crippen molar-refractivity contribution in [2.45, 2.75) is 31.0 Å². The second kappa shape index (κ2) is 12.9. The first-order valence-electron chi connectivity index (χ1n) is 7.79. The number of carbonyl (C=O) groups is 5. The summed E-state index contributed by atoms with van der Waals surface area (Å²) in [4.78, 5) is 57.0. The molecular weight excluding hydrogens is 384 g/mol. The third-order valence-corrected chi connectivity index (χ3v) is 3.86. The molecule has 0 radical (unpaired) electrons. The number of rotatable bonds is 13. The van der Waals surface area contributed by atoms with Gasteiger partial charge in [0.25, 0.3) is 0 Å². The summed E-state index contributed by atoms with van der Waals surface area (Å²) in [5, 5.41) is 32.8. The molecule has 0 aromatic carbocycles. The van der Waals surface area contributed by atoms with Crippen LogP contribution in [0.25, 0.3) is 0 Å². The lowest BCUT2D eigenvalue weighted by Gasteiger charge is -2.20. The molecule has 0 fully saturated rings. The maximum Gasteiger partial charge on any atom is 0.328 e. The van der Waals surface area contributed by atoms with Gasteiger partial charge >= 0.3 is 11.9 Å². The van der Waals surface area contributed by atoms with Crippen LogP contribution >= 0.6 is 11.8 Å². The molecule has 12 nitrogen and oxygen atoms in total. The molecule has 0 aliphatic rings. The lowest BCUT2D eigenvalue weighted by molar-refractivity contribution is -0.142. The van der Waals surface area contributed by atoms with E-state index in [2.05, 4.69) is 10.6 Å². The van der Waals surface area contributed by atoms with E-state index >= 15 is 0 Å². The molecule has 0 heterocycles. The average Bonchev–Trinajstić information content (AvgIpc) is 2.59. The van der Waals surface area contributed by atoms with Crippen LogP contribution in [-0.2, 0) is 24.0 Å². The summed E-state index contributed by atoms with van der Waals surface area (Å²) in [5.41, 5.74) is 5.44. The third kappa shape index (κ3) is 10.4. The summed E-state index contributed by atoms with van der Waals surface area (Å²) in [5.74, 6) is -4.60. The Morgan fingerprint density at radius 2 is 1.67 bits per heavy atom. The Hall–Kier alpha value is -2.38. The molecule has 154 valence electrons. The van der Waals surface area contributed by atoms with Gasteiger partial charge in [0.05, 0.1) is 25.6 Å². The monoisotopic (exact) mass is 408 g/mol. The number of aliphatic hydroxyl groups excluding tert-OH is 1. The molecule has 0 spiro atoms. The third-order valence-electron chi connectivity index (χ3n) is 3.21. The number of aliphatic hydroxyl groups is 1. The van der Waals surface area contributed by atoms with E-state index in [1.54, 1.807) is 6.26 Å². The number of nitrogens with one attached hydrogen (secondary N) is 3. The van der Waals surface area contributed by atoms with Crippen molar-refractivity contribution in [3.8, 4) is 0 Å². The summed E-state index contributed by atoms with van der Waals surface area (Å²) in [6.07, 6.45) is 1.37. The van der Waals surface area contributed by atoms with Crippen LogP contribution in [-0.4, -0.2) is 88.3 Å². The Morgan fingerprint density at radius 1 is 1.04 bits per heavy atom. The number of aliphatic carboxylic acids is 2. The van der Waals surface area contributed by atoms with Gasteiger partial charge in [-0.25, -0.2) is 4.79 Å². The van der Waals surface area contributed by atoms with Gasteiger partial charge in [0, 0.05) is 0 Å². The van der Waals surface area contributed by atoms with Gasteiger partial charge in [0.15, 0.2) is 0 Å². The SMILES string of the molecule is CSCCC(NC(=O)C(N)CC(=O)O)C(=O)NCC(=O)NC(CO)C(=O)O. The van der Waals surface area contributed by atoms with Crippen LogP contribution in [0, 0.1) is 0 Å². The highest BCUT2D eigenvalue weighted by Crippen LogP contribution is 2.02. The van der Waals surface area contributed by atoms with Crippen molar-refractivity contribution >= 4 is 41.4 Å². The zero-order valence-electron chi connectivity index (χ0n) is 14.6. The smallest absolute Gasteiger partial charge is 0.328 e. The molecule has 3 amide bonds. The fourth-order valence-corrected chi connectivity index (χ4v) is 2.26. The molecule has 0 aromatic heterocycles. The molecule has 27 heavy (non-hydrogen) atoms. The molecule has 0 rings (SSSR count). The summed E-state index contributed by atoms with van der Waals surface area (Å²) >= 11 is 1.40. The second-order valence-corrected chi connectivity index (χ2v) is 6.39. The number of carboxylic acids is 2. The Balaban J connectivity index is 4.73. The number of nitrogens with two attached hydrogens (primary N) is 1. The van der Waals surface area contributed by atoms with Crippen LogP contribution in [0.5, 0.6) is 0 Å². The average molecular weight is 408 g/mol. The maximum absolute atomic E-state index is 12.2. The maximum atomic E-state index is 12.2. The van der Waals surface area contributed by atoms with E-state index in [-0.39, 0.29) is 6.42 Å². The van der Waals surface area contributed by atoms with E-state index in [0.29, 0.717) is 5.75 Å². The van der Waals surface area contributed by atoms with E-state index in [9.17, 15) is 24.0 Å². The Morgan fingerprint density at radius 3 is 2.15 bits per heavy atom. The van der Waals surface area contributed by atoms with Crippen LogP contribution < -0.4 is 21.7 Å². The van der Waals surface area contributed by atoms with Gasteiger partial charge in [0.1, 0.15) is 12.1 Å². The zero-order valence-corrected chi connectivity index (χ0v) is 15.5. The number of hydrogen-bond acceptors (Lipinski definition) is 8. The van der Waals surface area contributed by atoms with E-state index in [4.69, 9.17) is 21.1 Å². The first kappa shape index (κ1) is 24.6. The Labute approximate surface area is 159 Å². The number of carbonyl (C=O) groups excluding carboxylic acids is 3. The normalized spacial score (nSPS) is 13.7. The minimum atomic E-state index is -1.50. The minimum absolute atomic E-state index is 0.203. The first-order chi connectivity index (χ1) is 12.6. The largest absolute Gasteiger partial charge is 0.481 e. The van der Waals surface area contributed by atoms with Gasteiger partial charge in [-0.1, -0.05) is 0 Å². The molecule has 0 saturated carbocycles. The van der Waals surface area contributed by atoms with E-state index < -0.39 is 67.4 Å². The lowest BCUT2D eigenvalue weighted by atomic mass is 10.1. The van der Waals surface area contributed by atoms with Crippen LogP contribution in [0.4, 0.5) is 0 Å². The van der Waals surface area contributed by atoms with Crippen molar-refractivity contribution in [2.24, 2.45) is 5.73 Å². The highest BCUT2D eigenvalue weighted by molar-refractivity contribution is 7.98.